The molecule has 1 fully saturated rings. The third kappa shape index (κ3) is 5.34. The Morgan fingerprint density at radius 2 is 2.10 bits per heavy atom. The van der Waals surface area contributed by atoms with Crippen molar-refractivity contribution in [3.63, 3.8) is 0 Å². The van der Waals surface area contributed by atoms with Gasteiger partial charge in [-0.1, -0.05) is 11.8 Å². The number of amides is 2. The maximum Gasteiger partial charge on any atom is 0.341 e. The fourth-order valence-electron chi connectivity index (χ4n) is 2.53. The van der Waals surface area contributed by atoms with Crippen LogP contribution >= 0.6 is 23.1 Å². The number of ether oxygens (including phenoxy) is 2. The largest absolute Gasteiger partial charge is 0.460 e. The molecule has 1 aliphatic carbocycles. The Kier molecular flexibility index (Phi) is 6.87. The molecular formula is C17H21N5O5S2. The van der Waals surface area contributed by atoms with Crippen LogP contribution in [0.5, 0.6) is 0 Å². The van der Waals surface area contributed by atoms with Gasteiger partial charge in [0.1, 0.15) is 17.4 Å². The number of anilines is 1. The average Bonchev–Trinajstić information content (AvgIpc) is 3.32. The van der Waals surface area contributed by atoms with E-state index in [1.165, 1.54) is 18.9 Å². The summed E-state index contributed by atoms with van der Waals surface area (Å²) >= 11 is 2.12. The van der Waals surface area contributed by atoms with Crippen molar-refractivity contribution in [1.29, 1.82) is 0 Å². The Morgan fingerprint density at radius 3 is 2.76 bits per heavy atom. The first kappa shape index (κ1) is 21.3. The minimum atomic E-state index is -0.679. The quantitative estimate of drug-likeness (QED) is 0.288. The van der Waals surface area contributed by atoms with Crippen molar-refractivity contribution in [2.75, 3.05) is 31.4 Å². The first-order valence-electron chi connectivity index (χ1n) is 8.84. The molecule has 3 rings (SSSR count). The molecule has 12 heteroatoms. The molecule has 2 aromatic heterocycles. The van der Waals surface area contributed by atoms with Crippen LogP contribution in [0.3, 0.4) is 0 Å². The molecule has 1 aliphatic rings. The van der Waals surface area contributed by atoms with Crippen molar-refractivity contribution in [1.82, 2.24) is 15.2 Å². The zero-order valence-corrected chi connectivity index (χ0v) is 17.6. The van der Waals surface area contributed by atoms with Crippen LogP contribution in [-0.2, 0) is 14.3 Å². The highest BCUT2D eigenvalue weighted by molar-refractivity contribution is 7.99. The maximum absolute atomic E-state index is 12.4. The van der Waals surface area contributed by atoms with E-state index in [1.54, 1.807) is 6.92 Å². The van der Waals surface area contributed by atoms with Gasteiger partial charge in [0.2, 0.25) is 11.1 Å². The number of thioether (sulfide) groups is 1. The normalized spacial score (nSPS) is 13.3. The van der Waals surface area contributed by atoms with Gasteiger partial charge >= 0.3 is 5.97 Å². The number of primary amides is 1. The molecule has 0 saturated heterocycles. The number of nitrogens with one attached hydrogen (secondary N) is 2. The van der Waals surface area contributed by atoms with Crippen molar-refractivity contribution in [2.24, 2.45) is 5.73 Å². The molecule has 0 unspecified atom stereocenters. The van der Waals surface area contributed by atoms with E-state index in [0.29, 0.717) is 16.6 Å². The topological polar surface area (TPSA) is 149 Å². The highest BCUT2D eigenvalue weighted by Crippen LogP contribution is 2.38. The molecule has 0 aliphatic heterocycles. The van der Waals surface area contributed by atoms with Gasteiger partial charge in [0, 0.05) is 13.0 Å². The van der Waals surface area contributed by atoms with Gasteiger partial charge < -0.3 is 20.5 Å². The molecular weight excluding hydrogens is 418 g/mol. The Balaban J connectivity index is 1.67. The maximum atomic E-state index is 12.4. The van der Waals surface area contributed by atoms with Crippen LogP contribution in [-0.4, -0.2) is 59.0 Å². The van der Waals surface area contributed by atoms with Crippen molar-refractivity contribution < 1.29 is 23.9 Å². The lowest BCUT2D eigenvalue weighted by Crippen LogP contribution is -2.17. The van der Waals surface area contributed by atoms with Crippen molar-refractivity contribution in [3.8, 4) is 0 Å². The van der Waals surface area contributed by atoms with E-state index >= 15 is 0 Å². The summed E-state index contributed by atoms with van der Waals surface area (Å²) in [6.07, 6.45) is 2.20. The fourth-order valence-corrected chi connectivity index (χ4v) is 4.20. The second-order valence-corrected chi connectivity index (χ2v) is 8.33. The smallest absolute Gasteiger partial charge is 0.341 e. The summed E-state index contributed by atoms with van der Waals surface area (Å²) in [5.74, 6) is -0.372. The zero-order chi connectivity index (χ0) is 21.0. The second kappa shape index (κ2) is 9.37. The summed E-state index contributed by atoms with van der Waals surface area (Å²) in [5, 5.41) is 10.3. The zero-order valence-electron chi connectivity index (χ0n) is 15.9. The van der Waals surface area contributed by atoms with E-state index in [1.807, 2.05) is 0 Å². The number of carbonyl (C=O) groups is 3. The molecule has 0 aromatic carbocycles. The van der Waals surface area contributed by atoms with Crippen molar-refractivity contribution in [2.45, 2.75) is 30.8 Å². The number of hydrogen-bond acceptors (Lipinski definition) is 9. The summed E-state index contributed by atoms with van der Waals surface area (Å²) < 4.78 is 9.99. The van der Waals surface area contributed by atoms with E-state index < -0.39 is 11.9 Å². The molecule has 0 radical (unpaired) electrons. The average molecular weight is 440 g/mol. The summed E-state index contributed by atoms with van der Waals surface area (Å²) in [5.41, 5.74) is 5.87. The number of H-pyrrole nitrogens is 1. The number of thiophene rings is 1. The number of carbonyl (C=O) groups excluding carboxylic acids is 3. The standard InChI is InChI=1S/C17H21N5O5S2/c1-8-11(16(25)27-6-5-26-2)15(29-12(8)13(18)24)19-10(23)7-28-17-20-14(21-22-17)9-3-4-9/h9H,3-7H2,1-2H3,(H2,18,24)(H,19,23)(H,20,21,22). The number of esters is 1. The molecule has 156 valence electrons. The number of aromatic nitrogens is 3. The lowest BCUT2D eigenvalue weighted by Gasteiger charge is -2.07. The predicted octanol–water partition coefficient (Wildman–Crippen LogP) is 1.68. The SMILES string of the molecule is COCCOC(=O)c1c(NC(=O)CSc2n[nH]c(C3CC3)n2)sc(C(N)=O)c1C. The number of hydrogen-bond donors (Lipinski definition) is 3. The third-order valence-corrected chi connectivity index (χ3v) is 6.20. The molecule has 10 nitrogen and oxygen atoms in total. The lowest BCUT2D eigenvalue weighted by molar-refractivity contribution is -0.113. The van der Waals surface area contributed by atoms with E-state index in [-0.39, 0.29) is 40.3 Å². The van der Waals surface area contributed by atoms with Crippen LogP contribution in [0, 0.1) is 6.92 Å². The summed E-state index contributed by atoms with van der Waals surface area (Å²) in [6.45, 7) is 1.87. The Labute approximate surface area is 174 Å². The molecule has 2 aromatic rings. The van der Waals surface area contributed by atoms with E-state index in [2.05, 4.69) is 20.5 Å². The van der Waals surface area contributed by atoms with Crippen LogP contribution in [0.1, 0.15) is 50.2 Å². The molecule has 0 bridgehead atoms. The van der Waals surface area contributed by atoms with Crippen molar-refractivity contribution >= 4 is 45.9 Å². The van der Waals surface area contributed by atoms with Crippen LogP contribution < -0.4 is 11.1 Å². The van der Waals surface area contributed by atoms with Crippen molar-refractivity contribution in [3.05, 3.63) is 21.8 Å². The third-order valence-electron chi connectivity index (χ3n) is 4.13. The molecule has 29 heavy (non-hydrogen) atoms. The van der Waals surface area contributed by atoms with Gasteiger partial charge in [-0.05, 0) is 25.3 Å². The van der Waals surface area contributed by atoms with Crippen LogP contribution in [0.2, 0.25) is 0 Å². The minimum absolute atomic E-state index is 0.0446. The highest BCUT2D eigenvalue weighted by Gasteiger charge is 2.28. The van der Waals surface area contributed by atoms with Crippen LogP contribution in [0.15, 0.2) is 5.16 Å². The summed E-state index contributed by atoms with van der Waals surface area (Å²) in [4.78, 5) is 41.0. The lowest BCUT2D eigenvalue weighted by atomic mass is 10.1. The van der Waals surface area contributed by atoms with Gasteiger partial charge in [0.05, 0.1) is 22.8 Å². The minimum Gasteiger partial charge on any atom is -0.460 e. The Bertz CT molecular complexity index is 921. The monoisotopic (exact) mass is 439 g/mol. The molecule has 4 N–H and O–H groups in total. The Hall–Kier alpha value is -2.44. The van der Waals surface area contributed by atoms with E-state index in [4.69, 9.17) is 15.2 Å². The van der Waals surface area contributed by atoms with Crippen LogP contribution in [0.4, 0.5) is 5.00 Å². The number of nitrogens with zero attached hydrogens (tertiary/aromatic N) is 2. The molecule has 2 amide bonds. The molecule has 0 atom stereocenters. The summed E-state index contributed by atoms with van der Waals surface area (Å²) in [6, 6.07) is 0. The highest BCUT2D eigenvalue weighted by atomic mass is 32.2. The van der Waals surface area contributed by atoms with Crippen LogP contribution in [0.25, 0.3) is 0 Å². The number of nitrogens with two attached hydrogens (primary N) is 1. The van der Waals surface area contributed by atoms with Gasteiger partial charge in [-0.25, -0.2) is 9.78 Å². The number of methoxy groups -OCH3 is 1. The molecule has 2 heterocycles. The van der Waals surface area contributed by atoms with E-state index in [9.17, 15) is 14.4 Å². The first-order valence-corrected chi connectivity index (χ1v) is 10.6. The van der Waals surface area contributed by atoms with Gasteiger partial charge in [-0.15, -0.1) is 16.4 Å². The fraction of sp³-hybridized carbons (Fsp3) is 0.471. The number of aromatic amines is 1. The molecule has 1 saturated carbocycles. The summed E-state index contributed by atoms with van der Waals surface area (Å²) in [7, 11) is 1.49. The second-order valence-electron chi connectivity index (χ2n) is 6.37. The predicted molar refractivity (Wildman–Crippen MR) is 107 cm³/mol. The van der Waals surface area contributed by atoms with Gasteiger partial charge in [-0.2, -0.15) is 0 Å². The Morgan fingerprint density at radius 1 is 1.34 bits per heavy atom. The van der Waals surface area contributed by atoms with Gasteiger partial charge in [-0.3, -0.25) is 14.7 Å². The van der Waals surface area contributed by atoms with Gasteiger partial charge in [0.15, 0.2) is 0 Å². The number of rotatable bonds is 10. The first-order chi connectivity index (χ1) is 13.9. The van der Waals surface area contributed by atoms with Gasteiger partial charge in [0.25, 0.3) is 5.91 Å². The molecule has 0 spiro atoms. The van der Waals surface area contributed by atoms with E-state index in [0.717, 1.165) is 30.0 Å².